The summed E-state index contributed by atoms with van der Waals surface area (Å²) < 4.78 is 34.2. The third kappa shape index (κ3) is 7.67. The number of nitrogens with zero attached hydrogens (tertiary/aromatic N) is 2. The van der Waals surface area contributed by atoms with Gasteiger partial charge in [-0.3, -0.25) is 13.9 Å². The van der Waals surface area contributed by atoms with E-state index < -0.39 is 28.5 Å². The molecule has 41 heavy (non-hydrogen) atoms. The highest BCUT2D eigenvalue weighted by Gasteiger charge is 2.33. The molecule has 1 aliphatic carbocycles. The van der Waals surface area contributed by atoms with Crippen molar-refractivity contribution in [1.29, 1.82) is 0 Å². The molecule has 1 fully saturated rings. The Morgan fingerprint density at radius 1 is 0.951 bits per heavy atom. The number of ether oxygens (including phenoxy) is 1. The number of amides is 2. The third-order valence-corrected chi connectivity index (χ3v) is 9.33. The van der Waals surface area contributed by atoms with E-state index >= 15 is 0 Å². The van der Waals surface area contributed by atoms with Gasteiger partial charge < -0.3 is 15.0 Å². The first kappa shape index (κ1) is 30.1. The second-order valence-corrected chi connectivity index (χ2v) is 12.4. The molecular weight excluding hydrogens is 538 g/mol. The molecule has 1 atom stereocenters. The van der Waals surface area contributed by atoms with Crippen LogP contribution in [0.4, 0.5) is 5.69 Å². The molecule has 1 saturated carbocycles. The molecule has 9 heteroatoms. The molecule has 4 rings (SSSR count). The maximum atomic E-state index is 14.1. The molecule has 1 N–H and O–H groups in total. The summed E-state index contributed by atoms with van der Waals surface area (Å²) >= 11 is 0. The molecule has 0 unspecified atom stereocenters. The van der Waals surface area contributed by atoms with Crippen LogP contribution in [0.5, 0.6) is 5.75 Å². The van der Waals surface area contributed by atoms with Crippen LogP contribution in [0.15, 0.2) is 83.8 Å². The van der Waals surface area contributed by atoms with Crippen molar-refractivity contribution in [2.75, 3.05) is 18.0 Å². The van der Waals surface area contributed by atoms with E-state index in [1.807, 2.05) is 25.1 Å². The fourth-order valence-corrected chi connectivity index (χ4v) is 6.49. The molecule has 3 aromatic rings. The summed E-state index contributed by atoms with van der Waals surface area (Å²) in [5, 5.41) is 3.12. The van der Waals surface area contributed by atoms with E-state index in [1.165, 1.54) is 4.90 Å². The van der Waals surface area contributed by atoms with E-state index in [4.69, 9.17) is 4.74 Å². The fourth-order valence-electron chi connectivity index (χ4n) is 5.08. The SMILES string of the molecule is COc1cccc(CN(C(=O)CN(c2ccccc2)S(=O)(=O)c2ccc(C)cc2)[C@H](C)C(=O)NC2CCCCC2)c1. The molecular formula is C32H39N3O5S. The number of benzene rings is 3. The summed E-state index contributed by atoms with van der Waals surface area (Å²) in [6, 6.07) is 21.6. The van der Waals surface area contributed by atoms with Crippen molar-refractivity contribution in [2.45, 2.75) is 69.5 Å². The summed E-state index contributed by atoms with van der Waals surface area (Å²) in [5.41, 5.74) is 2.05. The van der Waals surface area contributed by atoms with E-state index in [0.717, 1.165) is 47.5 Å². The second-order valence-electron chi connectivity index (χ2n) is 10.6. The number of hydrogen-bond acceptors (Lipinski definition) is 5. The Hall–Kier alpha value is -3.85. The van der Waals surface area contributed by atoms with Gasteiger partial charge in [-0.05, 0) is 68.7 Å². The quantitative estimate of drug-likeness (QED) is 0.344. The monoisotopic (exact) mass is 577 g/mol. The lowest BCUT2D eigenvalue weighted by atomic mass is 9.95. The number of carbonyl (C=O) groups is 2. The van der Waals surface area contributed by atoms with Crippen LogP contribution in [-0.4, -0.2) is 50.9 Å². The van der Waals surface area contributed by atoms with Crippen molar-refractivity contribution in [3.8, 4) is 5.75 Å². The first-order valence-corrected chi connectivity index (χ1v) is 15.5. The highest BCUT2D eigenvalue weighted by molar-refractivity contribution is 7.92. The number of nitrogens with one attached hydrogen (secondary N) is 1. The molecule has 8 nitrogen and oxygen atoms in total. The summed E-state index contributed by atoms with van der Waals surface area (Å²) in [6.07, 6.45) is 5.12. The number of carbonyl (C=O) groups excluding carboxylic acids is 2. The van der Waals surface area contributed by atoms with Gasteiger partial charge in [0, 0.05) is 12.6 Å². The van der Waals surface area contributed by atoms with Gasteiger partial charge in [-0.15, -0.1) is 0 Å². The van der Waals surface area contributed by atoms with Crippen LogP contribution in [0, 0.1) is 6.92 Å². The molecule has 0 aliphatic heterocycles. The van der Waals surface area contributed by atoms with Gasteiger partial charge in [-0.2, -0.15) is 0 Å². The highest BCUT2D eigenvalue weighted by atomic mass is 32.2. The predicted octanol–water partition coefficient (Wildman–Crippen LogP) is 5.07. The number of rotatable bonds is 11. The standard InChI is InChI=1S/C32H39N3O5S/c1-24-17-19-30(20-18-24)41(38,39)35(28-14-8-5-9-15-28)23-31(36)34(22-26-11-10-16-29(21-26)40-3)25(2)32(37)33-27-12-6-4-7-13-27/h5,8-11,14-21,25,27H,4,6-7,12-13,22-23H2,1-3H3,(H,33,37)/t25-/m1/s1. The lowest BCUT2D eigenvalue weighted by Crippen LogP contribution is -2.53. The Balaban J connectivity index is 1.66. The van der Waals surface area contributed by atoms with Crippen molar-refractivity contribution in [2.24, 2.45) is 0 Å². The number of sulfonamides is 1. The maximum absolute atomic E-state index is 14.1. The summed E-state index contributed by atoms with van der Waals surface area (Å²) in [4.78, 5) is 29.0. The van der Waals surface area contributed by atoms with Gasteiger partial charge in [0.2, 0.25) is 11.8 Å². The van der Waals surface area contributed by atoms with Gasteiger partial charge in [0.25, 0.3) is 10.0 Å². The average molecular weight is 578 g/mol. The summed E-state index contributed by atoms with van der Waals surface area (Å²) in [6.45, 7) is 3.22. The summed E-state index contributed by atoms with van der Waals surface area (Å²) in [5.74, 6) is -0.110. The zero-order valence-electron chi connectivity index (χ0n) is 24.0. The molecule has 2 amide bonds. The molecule has 0 bridgehead atoms. The Kier molecular flexibility index (Phi) is 10.0. The number of anilines is 1. The highest BCUT2D eigenvalue weighted by Crippen LogP contribution is 2.25. The molecule has 0 radical (unpaired) electrons. The van der Waals surface area contributed by atoms with Gasteiger partial charge in [-0.1, -0.05) is 67.3 Å². The molecule has 218 valence electrons. The topological polar surface area (TPSA) is 96.0 Å². The van der Waals surface area contributed by atoms with Gasteiger partial charge in [0.1, 0.15) is 18.3 Å². The molecule has 0 saturated heterocycles. The lowest BCUT2D eigenvalue weighted by Gasteiger charge is -2.33. The number of para-hydroxylation sites is 1. The van der Waals surface area contributed by atoms with Crippen molar-refractivity contribution in [1.82, 2.24) is 10.2 Å². The van der Waals surface area contributed by atoms with Crippen LogP contribution < -0.4 is 14.4 Å². The van der Waals surface area contributed by atoms with Gasteiger partial charge in [0.05, 0.1) is 17.7 Å². The number of aryl methyl sites for hydroxylation is 1. The fraction of sp³-hybridized carbons (Fsp3) is 0.375. The molecule has 0 aromatic heterocycles. The van der Waals surface area contributed by atoms with E-state index in [9.17, 15) is 18.0 Å². The smallest absolute Gasteiger partial charge is 0.264 e. The van der Waals surface area contributed by atoms with E-state index in [0.29, 0.717) is 11.4 Å². The normalized spacial score (nSPS) is 14.6. The predicted molar refractivity (Wildman–Crippen MR) is 160 cm³/mol. The van der Waals surface area contributed by atoms with Crippen LogP contribution in [0.25, 0.3) is 0 Å². The van der Waals surface area contributed by atoms with Crippen molar-refractivity contribution in [3.05, 3.63) is 90.0 Å². The van der Waals surface area contributed by atoms with Crippen LogP contribution >= 0.6 is 0 Å². The van der Waals surface area contributed by atoms with E-state index in [-0.39, 0.29) is 23.4 Å². The Morgan fingerprint density at radius 3 is 2.29 bits per heavy atom. The molecule has 0 spiro atoms. The summed E-state index contributed by atoms with van der Waals surface area (Å²) in [7, 11) is -2.52. The Labute approximate surface area is 243 Å². The molecule has 1 aliphatic rings. The minimum atomic E-state index is -4.09. The third-order valence-electron chi connectivity index (χ3n) is 7.54. The molecule has 0 heterocycles. The van der Waals surface area contributed by atoms with Crippen LogP contribution in [0.2, 0.25) is 0 Å². The zero-order valence-corrected chi connectivity index (χ0v) is 24.8. The lowest BCUT2D eigenvalue weighted by molar-refractivity contribution is -0.139. The Morgan fingerprint density at radius 2 is 1.63 bits per heavy atom. The zero-order chi connectivity index (χ0) is 29.4. The minimum Gasteiger partial charge on any atom is -0.497 e. The van der Waals surface area contributed by atoms with Crippen molar-refractivity contribution in [3.63, 3.8) is 0 Å². The van der Waals surface area contributed by atoms with Crippen molar-refractivity contribution < 1.29 is 22.7 Å². The van der Waals surface area contributed by atoms with Crippen LogP contribution in [-0.2, 0) is 26.2 Å². The largest absolute Gasteiger partial charge is 0.497 e. The second kappa shape index (κ2) is 13.7. The first-order chi connectivity index (χ1) is 19.7. The van der Waals surface area contributed by atoms with Crippen LogP contribution in [0.3, 0.4) is 0 Å². The number of hydrogen-bond donors (Lipinski definition) is 1. The van der Waals surface area contributed by atoms with Crippen LogP contribution in [0.1, 0.15) is 50.2 Å². The average Bonchev–Trinajstić information content (AvgIpc) is 2.99. The van der Waals surface area contributed by atoms with Crippen molar-refractivity contribution >= 4 is 27.5 Å². The van der Waals surface area contributed by atoms with E-state index in [2.05, 4.69) is 5.32 Å². The molecule has 3 aromatic carbocycles. The Bertz CT molecular complexity index is 1420. The number of methoxy groups -OCH3 is 1. The minimum absolute atomic E-state index is 0.0789. The van der Waals surface area contributed by atoms with Gasteiger partial charge in [0.15, 0.2) is 0 Å². The van der Waals surface area contributed by atoms with Gasteiger partial charge in [-0.25, -0.2) is 8.42 Å². The van der Waals surface area contributed by atoms with Gasteiger partial charge >= 0.3 is 0 Å². The maximum Gasteiger partial charge on any atom is 0.264 e. The first-order valence-electron chi connectivity index (χ1n) is 14.1. The van der Waals surface area contributed by atoms with E-state index in [1.54, 1.807) is 74.7 Å².